The van der Waals surface area contributed by atoms with Crippen LogP contribution in [-0.2, 0) is 13.0 Å². The molecule has 0 radical (unpaired) electrons. The monoisotopic (exact) mass is 416 g/mol. The Morgan fingerprint density at radius 2 is 2.00 bits per heavy atom. The molecule has 124 valence electrons. The van der Waals surface area contributed by atoms with E-state index in [1.165, 1.54) is 30.5 Å². The Labute approximate surface area is 151 Å². The third kappa shape index (κ3) is 5.43. The van der Waals surface area contributed by atoms with Gasteiger partial charge in [0.2, 0.25) is 0 Å². The highest BCUT2D eigenvalue weighted by molar-refractivity contribution is 14.0. The molecule has 1 aliphatic heterocycles. The average Bonchev–Trinajstić information content (AvgIpc) is 2.93. The maximum atomic E-state index is 4.32. The lowest BCUT2D eigenvalue weighted by Gasteiger charge is -2.21. The van der Waals surface area contributed by atoms with Crippen LogP contribution in [0.2, 0.25) is 0 Å². The smallest absolute Gasteiger partial charge is 0.191 e. The molecule has 0 bridgehead atoms. The lowest BCUT2D eigenvalue weighted by Crippen LogP contribution is -2.43. The summed E-state index contributed by atoms with van der Waals surface area (Å²) in [6.45, 7) is 5.19. The van der Waals surface area contributed by atoms with Crippen LogP contribution in [0, 0.1) is 0 Å². The number of nitrogens with zero attached hydrogens (tertiary/aromatic N) is 2. The fraction of sp³-hybridized carbons (Fsp3) is 0.588. The van der Waals surface area contributed by atoms with Crippen molar-refractivity contribution in [1.29, 1.82) is 0 Å². The molecule has 22 heavy (non-hydrogen) atoms. The highest BCUT2D eigenvalue weighted by atomic mass is 127. The van der Waals surface area contributed by atoms with Crippen molar-refractivity contribution < 1.29 is 0 Å². The second-order valence-corrected chi connectivity index (χ2v) is 5.71. The lowest BCUT2D eigenvalue weighted by atomic mass is 10.1. The first-order valence-electron chi connectivity index (χ1n) is 7.96. The molecule has 1 aromatic rings. The zero-order chi connectivity index (χ0) is 15.1. The van der Waals surface area contributed by atoms with Gasteiger partial charge in [0.15, 0.2) is 5.96 Å². The van der Waals surface area contributed by atoms with Crippen LogP contribution in [0.4, 0.5) is 0 Å². The van der Waals surface area contributed by atoms with Crippen molar-refractivity contribution in [2.24, 2.45) is 4.99 Å². The second-order valence-electron chi connectivity index (χ2n) is 5.71. The van der Waals surface area contributed by atoms with Crippen molar-refractivity contribution in [2.45, 2.75) is 38.8 Å². The number of rotatable bonds is 5. The van der Waals surface area contributed by atoms with E-state index in [1.54, 1.807) is 0 Å². The SMILES string of the molecule is CCc1ccccc1CNC(=NC)NCC1CCCN1C.I. The summed E-state index contributed by atoms with van der Waals surface area (Å²) in [5.41, 5.74) is 2.75. The first-order valence-corrected chi connectivity index (χ1v) is 7.96. The number of aliphatic imine (C=N–C) groups is 1. The summed E-state index contributed by atoms with van der Waals surface area (Å²) in [6.07, 6.45) is 3.65. The molecule has 0 spiro atoms. The Morgan fingerprint density at radius 1 is 1.27 bits per heavy atom. The van der Waals surface area contributed by atoms with E-state index in [9.17, 15) is 0 Å². The van der Waals surface area contributed by atoms with Crippen molar-refractivity contribution in [3.05, 3.63) is 35.4 Å². The van der Waals surface area contributed by atoms with E-state index in [0.717, 1.165) is 25.5 Å². The molecule has 1 saturated heterocycles. The van der Waals surface area contributed by atoms with Gasteiger partial charge in [-0.15, -0.1) is 24.0 Å². The van der Waals surface area contributed by atoms with E-state index in [1.807, 2.05) is 7.05 Å². The van der Waals surface area contributed by atoms with Crippen molar-refractivity contribution in [3.63, 3.8) is 0 Å². The van der Waals surface area contributed by atoms with Crippen LogP contribution in [0.25, 0.3) is 0 Å². The lowest BCUT2D eigenvalue weighted by molar-refractivity contribution is 0.309. The summed E-state index contributed by atoms with van der Waals surface area (Å²) in [5, 5.41) is 6.87. The first-order chi connectivity index (χ1) is 10.2. The molecule has 0 saturated carbocycles. The minimum atomic E-state index is 0. The number of likely N-dealkylation sites (tertiary alicyclic amines) is 1. The molecule has 1 atom stereocenters. The summed E-state index contributed by atoms with van der Waals surface area (Å²) in [5.74, 6) is 0.890. The summed E-state index contributed by atoms with van der Waals surface area (Å²) < 4.78 is 0. The van der Waals surface area contributed by atoms with Gasteiger partial charge in [0.25, 0.3) is 0 Å². The largest absolute Gasteiger partial charge is 0.355 e. The molecule has 1 fully saturated rings. The molecule has 2 N–H and O–H groups in total. The van der Waals surface area contributed by atoms with Gasteiger partial charge in [-0.3, -0.25) is 4.99 Å². The maximum absolute atomic E-state index is 4.32. The number of guanidine groups is 1. The van der Waals surface area contributed by atoms with Crippen LogP contribution >= 0.6 is 24.0 Å². The van der Waals surface area contributed by atoms with Crippen molar-refractivity contribution in [2.75, 3.05) is 27.2 Å². The molecular weight excluding hydrogens is 387 g/mol. The summed E-state index contributed by atoms with van der Waals surface area (Å²) in [6, 6.07) is 9.21. The number of benzene rings is 1. The first kappa shape index (κ1) is 19.2. The van der Waals surface area contributed by atoms with Gasteiger partial charge >= 0.3 is 0 Å². The molecule has 1 aliphatic rings. The zero-order valence-corrected chi connectivity index (χ0v) is 16.3. The fourth-order valence-corrected chi connectivity index (χ4v) is 2.93. The topological polar surface area (TPSA) is 39.7 Å². The fourth-order valence-electron chi connectivity index (χ4n) is 2.93. The van der Waals surface area contributed by atoms with Crippen LogP contribution in [0.3, 0.4) is 0 Å². The Balaban J connectivity index is 0.00000242. The summed E-state index contributed by atoms with van der Waals surface area (Å²) in [7, 11) is 4.03. The third-order valence-electron chi connectivity index (χ3n) is 4.35. The molecule has 1 heterocycles. The van der Waals surface area contributed by atoms with Crippen molar-refractivity contribution in [1.82, 2.24) is 15.5 Å². The van der Waals surface area contributed by atoms with E-state index in [-0.39, 0.29) is 24.0 Å². The maximum Gasteiger partial charge on any atom is 0.191 e. The standard InChI is InChI=1S/C17H28N4.HI/c1-4-14-8-5-6-9-15(14)12-19-17(18-2)20-13-16-10-7-11-21(16)3;/h5-6,8-9,16H,4,7,10-13H2,1-3H3,(H2,18,19,20);1H. The molecule has 5 heteroatoms. The number of nitrogens with one attached hydrogen (secondary N) is 2. The molecule has 4 nitrogen and oxygen atoms in total. The van der Waals surface area contributed by atoms with Gasteiger partial charge in [0.05, 0.1) is 0 Å². The van der Waals surface area contributed by atoms with Crippen LogP contribution < -0.4 is 10.6 Å². The Bertz CT molecular complexity index is 475. The summed E-state index contributed by atoms with van der Waals surface area (Å²) in [4.78, 5) is 6.74. The highest BCUT2D eigenvalue weighted by Crippen LogP contribution is 2.13. The molecular formula is C17H29IN4. The van der Waals surface area contributed by atoms with Crippen LogP contribution in [0.5, 0.6) is 0 Å². The van der Waals surface area contributed by atoms with Crippen LogP contribution in [0.15, 0.2) is 29.3 Å². The van der Waals surface area contributed by atoms with Gasteiger partial charge in [-0.1, -0.05) is 31.2 Å². The van der Waals surface area contributed by atoms with Gasteiger partial charge in [-0.05, 0) is 44.0 Å². The Morgan fingerprint density at radius 3 is 2.59 bits per heavy atom. The number of likely N-dealkylation sites (N-methyl/N-ethyl adjacent to an activating group) is 1. The average molecular weight is 416 g/mol. The molecule has 1 aromatic carbocycles. The molecule has 2 rings (SSSR count). The molecule has 0 amide bonds. The van der Waals surface area contributed by atoms with E-state index in [0.29, 0.717) is 6.04 Å². The van der Waals surface area contributed by atoms with Gasteiger partial charge in [0, 0.05) is 26.2 Å². The van der Waals surface area contributed by atoms with Crippen LogP contribution in [-0.4, -0.2) is 44.1 Å². The second kappa shape index (κ2) is 10.0. The normalized spacial score (nSPS) is 18.9. The third-order valence-corrected chi connectivity index (χ3v) is 4.35. The van der Waals surface area contributed by atoms with Crippen LogP contribution in [0.1, 0.15) is 30.9 Å². The molecule has 1 unspecified atom stereocenters. The van der Waals surface area contributed by atoms with E-state index in [2.05, 4.69) is 58.8 Å². The van der Waals surface area contributed by atoms with Gasteiger partial charge < -0.3 is 15.5 Å². The van der Waals surface area contributed by atoms with E-state index < -0.39 is 0 Å². The zero-order valence-electron chi connectivity index (χ0n) is 13.9. The molecule has 0 aromatic heterocycles. The quantitative estimate of drug-likeness (QED) is 0.441. The summed E-state index contributed by atoms with van der Waals surface area (Å²) >= 11 is 0. The highest BCUT2D eigenvalue weighted by Gasteiger charge is 2.20. The van der Waals surface area contributed by atoms with E-state index in [4.69, 9.17) is 0 Å². The van der Waals surface area contributed by atoms with Crippen molar-refractivity contribution in [3.8, 4) is 0 Å². The molecule has 0 aliphatic carbocycles. The van der Waals surface area contributed by atoms with E-state index >= 15 is 0 Å². The number of aryl methyl sites for hydroxylation is 1. The van der Waals surface area contributed by atoms with Gasteiger partial charge in [-0.2, -0.15) is 0 Å². The number of hydrogen-bond acceptors (Lipinski definition) is 2. The van der Waals surface area contributed by atoms with Gasteiger partial charge in [-0.25, -0.2) is 0 Å². The van der Waals surface area contributed by atoms with Gasteiger partial charge in [0.1, 0.15) is 0 Å². The minimum absolute atomic E-state index is 0. The predicted molar refractivity (Wildman–Crippen MR) is 105 cm³/mol. The Kier molecular flexibility index (Phi) is 8.78. The predicted octanol–water partition coefficient (Wildman–Crippen LogP) is 2.63. The number of hydrogen-bond donors (Lipinski definition) is 2. The Hall–Kier alpha value is -0.820. The number of halogens is 1. The van der Waals surface area contributed by atoms with Crippen molar-refractivity contribution >= 4 is 29.9 Å². The minimum Gasteiger partial charge on any atom is -0.355 e.